The van der Waals surface area contributed by atoms with Gasteiger partial charge in [0.1, 0.15) is 17.1 Å². The standard InChI is InChI=1S/C23H27ClFN3O4S2/c1-27(2)13-5-14-28(23-26-21-19(32-3)12-11-18(24)22(21)33-23)20(29)6-4-15-34(30,31)17-9-7-16(25)8-10-17/h7-12H,4-6,13-15H2,1-3H3. The highest BCUT2D eigenvalue weighted by atomic mass is 35.5. The molecule has 2 aromatic carbocycles. The quantitative estimate of drug-likeness (QED) is 0.338. The van der Waals surface area contributed by atoms with Crippen molar-refractivity contribution >= 4 is 54.0 Å². The van der Waals surface area contributed by atoms with Crippen molar-refractivity contribution in [2.24, 2.45) is 0 Å². The molecule has 1 aromatic heterocycles. The number of nitrogens with zero attached hydrogens (tertiary/aromatic N) is 3. The minimum Gasteiger partial charge on any atom is -0.494 e. The molecule has 7 nitrogen and oxygen atoms in total. The van der Waals surface area contributed by atoms with Gasteiger partial charge in [-0.05, 0) is 69.9 Å². The number of carbonyl (C=O) groups excluding carboxylic acids is 1. The van der Waals surface area contributed by atoms with Gasteiger partial charge >= 0.3 is 0 Å². The van der Waals surface area contributed by atoms with Crippen molar-refractivity contribution < 1.29 is 22.3 Å². The number of hydrogen-bond donors (Lipinski definition) is 0. The summed E-state index contributed by atoms with van der Waals surface area (Å²) < 4.78 is 44.3. The number of carbonyl (C=O) groups is 1. The molecule has 0 fully saturated rings. The van der Waals surface area contributed by atoms with Gasteiger partial charge in [0.15, 0.2) is 15.0 Å². The molecule has 0 saturated carbocycles. The van der Waals surface area contributed by atoms with E-state index in [-0.39, 0.29) is 29.4 Å². The first-order valence-electron chi connectivity index (χ1n) is 10.7. The van der Waals surface area contributed by atoms with Crippen molar-refractivity contribution in [2.75, 3.05) is 44.9 Å². The van der Waals surface area contributed by atoms with Crippen LogP contribution in [0.25, 0.3) is 10.2 Å². The minimum atomic E-state index is -3.62. The smallest absolute Gasteiger partial charge is 0.228 e. The van der Waals surface area contributed by atoms with Crippen molar-refractivity contribution in [1.82, 2.24) is 9.88 Å². The fourth-order valence-corrected chi connectivity index (χ4v) is 6.01. The summed E-state index contributed by atoms with van der Waals surface area (Å²) in [5.74, 6) is -0.375. The Morgan fingerprint density at radius 1 is 1.12 bits per heavy atom. The Labute approximate surface area is 208 Å². The van der Waals surface area contributed by atoms with Crippen LogP contribution in [0.1, 0.15) is 19.3 Å². The van der Waals surface area contributed by atoms with Crippen molar-refractivity contribution in [3.05, 3.63) is 47.2 Å². The molecule has 3 rings (SSSR count). The zero-order chi connectivity index (χ0) is 24.9. The fourth-order valence-electron chi connectivity index (χ4n) is 3.40. The highest BCUT2D eigenvalue weighted by molar-refractivity contribution is 7.91. The first-order valence-corrected chi connectivity index (χ1v) is 13.5. The van der Waals surface area contributed by atoms with Gasteiger partial charge in [-0.3, -0.25) is 9.69 Å². The van der Waals surface area contributed by atoms with Crippen LogP contribution >= 0.6 is 22.9 Å². The third kappa shape index (κ3) is 6.44. The van der Waals surface area contributed by atoms with Crippen LogP contribution in [0, 0.1) is 5.82 Å². The number of ether oxygens (including phenoxy) is 1. The molecule has 3 aromatic rings. The number of amides is 1. The summed E-state index contributed by atoms with van der Waals surface area (Å²) >= 11 is 7.65. The Balaban J connectivity index is 1.77. The summed E-state index contributed by atoms with van der Waals surface area (Å²) in [7, 11) is 1.83. The number of aromatic nitrogens is 1. The van der Waals surface area contributed by atoms with E-state index in [1.807, 2.05) is 19.0 Å². The van der Waals surface area contributed by atoms with Crippen molar-refractivity contribution in [1.29, 1.82) is 0 Å². The molecule has 0 N–H and O–H groups in total. The van der Waals surface area contributed by atoms with E-state index >= 15 is 0 Å². The third-order valence-electron chi connectivity index (χ3n) is 5.16. The van der Waals surface area contributed by atoms with Crippen LogP contribution in [0.15, 0.2) is 41.3 Å². The maximum atomic E-state index is 13.2. The second kappa shape index (κ2) is 11.4. The van der Waals surface area contributed by atoms with Crippen LogP contribution in [0.5, 0.6) is 5.75 Å². The lowest BCUT2D eigenvalue weighted by molar-refractivity contribution is -0.118. The van der Waals surface area contributed by atoms with Crippen molar-refractivity contribution in [3.63, 3.8) is 0 Å². The molecule has 1 heterocycles. The molecule has 0 radical (unpaired) electrons. The Kier molecular flexibility index (Phi) is 8.86. The monoisotopic (exact) mass is 527 g/mol. The molecule has 0 unspecified atom stereocenters. The van der Waals surface area contributed by atoms with Crippen LogP contribution < -0.4 is 9.64 Å². The van der Waals surface area contributed by atoms with E-state index in [9.17, 15) is 17.6 Å². The van der Waals surface area contributed by atoms with Gasteiger partial charge in [-0.1, -0.05) is 22.9 Å². The van der Waals surface area contributed by atoms with Gasteiger partial charge in [0.2, 0.25) is 5.91 Å². The number of fused-ring (bicyclic) bond motifs is 1. The number of halogens is 2. The van der Waals surface area contributed by atoms with Crippen molar-refractivity contribution in [3.8, 4) is 5.75 Å². The van der Waals surface area contributed by atoms with Crippen LogP contribution in [-0.2, 0) is 14.6 Å². The van der Waals surface area contributed by atoms with E-state index in [0.717, 1.165) is 23.4 Å². The first kappa shape index (κ1) is 26.3. The molecule has 0 bridgehead atoms. The average Bonchev–Trinajstić information content (AvgIpc) is 3.23. The van der Waals surface area contributed by atoms with E-state index in [4.69, 9.17) is 16.3 Å². The van der Waals surface area contributed by atoms with Gasteiger partial charge in [0.05, 0.1) is 27.5 Å². The number of rotatable bonds is 11. The average molecular weight is 528 g/mol. The number of benzene rings is 2. The number of anilines is 1. The third-order valence-corrected chi connectivity index (χ3v) is 8.52. The summed E-state index contributed by atoms with van der Waals surface area (Å²) in [5, 5.41) is 1.01. The second-order valence-corrected chi connectivity index (χ2v) is 11.5. The van der Waals surface area contributed by atoms with Crippen LogP contribution in [0.4, 0.5) is 9.52 Å². The molecule has 0 saturated heterocycles. The lowest BCUT2D eigenvalue weighted by Gasteiger charge is -2.21. The topological polar surface area (TPSA) is 79.8 Å². The van der Waals surface area contributed by atoms with Crippen LogP contribution in [0.3, 0.4) is 0 Å². The van der Waals surface area contributed by atoms with Gasteiger partial charge in [0, 0.05) is 13.0 Å². The van der Waals surface area contributed by atoms with E-state index in [1.54, 1.807) is 24.1 Å². The lowest BCUT2D eigenvalue weighted by atomic mass is 10.3. The van der Waals surface area contributed by atoms with Gasteiger partial charge < -0.3 is 9.64 Å². The Bertz CT molecular complexity index is 1250. The highest BCUT2D eigenvalue weighted by Gasteiger charge is 2.23. The summed E-state index contributed by atoms with van der Waals surface area (Å²) in [6, 6.07) is 8.14. The molecular formula is C23H27ClFN3O4S2. The molecule has 0 spiro atoms. The Morgan fingerprint density at radius 2 is 1.82 bits per heavy atom. The highest BCUT2D eigenvalue weighted by Crippen LogP contribution is 2.39. The maximum Gasteiger partial charge on any atom is 0.228 e. The summed E-state index contributed by atoms with van der Waals surface area (Å²) in [4.78, 5) is 21.5. The number of thiazole rings is 1. The maximum absolute atomic E-state index is 13.2. The van der Waals surface area contributed by atoms with E-state index < -0.39 is 15.7 Å². The molecule has 11 heteroatoms. The molecule has 0 aliphatic heterocycles. The van der Waals surface area contributed by atoms with Crippen LogP contribution in [0.2, 0.25) is 5.02 Å². The normalized spacial score (nSPS) is 11.8. The summed E-state index contributed by atoms with van der Waals surface area (Å²) in [5.41, 5.74) is 0.583. The zero-order valence-corrected chi connectivity index (χ0v) is 21.6. The van der Waals surface area contributed by atoms with Crippen LogP contribution in [-0.4, -0.2) is 64.3 Å². The SMILES string of the molecule is COc1ccc(Cl)c2sc(N(CCCN(C)C)C(=O)CCCS(=O)(=O)c3ccc(F)cc3)nc12. The molecular weight excluding hydrogens is 501 g/mol. The molecule has 0 aliphatic carbocycles. The largest absolute Gasteiger partial charge is 0.494 e. The molecule has 184 valence electrons. The zero-order valence-electron chi connectivity index (χ0n) is 19.3. The Hall–Kier alpha value is -2.27. The lowest BCUT2D eigenvalue weighted by Crippen LogP contribution is -2.33. The number of sulfone groups is 1. The van der Waals surface area contributed by atoms with Gasteiger partial charge in [0.25, 0.3) is 0 Å². The molecule has 0 atom stereocenters. The van der Waals surface area contributed by atoms with Crippen molar-refractivity contribution in [2.45, 2.75) is 24.2 Å². The van der Waals surface area contributed by atoms with E-state index in [0.29, 0.717) is 34.4 Å². The Morgan fingerprint density at radius 3 is 2.47 bits per heavy atom. The number of hydrogen-bond acceptors (Lipinski definition) is 7. The molecule has 1 amide bonds. The predicted octanol–water partition coefficient (Wildman–Crippen LogP) is 4.64. The molecule has 0 aliphatic rings. The van der Waals surface area contributed by atoms with Gasteiger partial charge in [-0.25, -0.2) is 17.8 Å². The second-order valence-electron chi connectivity index (χ2n) is 8.00. The molecule has 34 heavy (non-hydrogen) atoms. The van der Waals surface area contributed by atoms with Gasteiger partial charge in [-0.2, -0.15) is 0 Å². The summed E-state index contributed by atoms with van der Waals surface area (Å²) in [6.07, 6.45) is 0.883. The summed E-state index contributed by atoms with van der Waals surface area (Å²) in [6.45, 7) is 1.21. The predicted molar refractivity (Wildman–Crippen MR) is 134 cm³/mol. The first-order chi connectivity index (χ1) is 16.1. The number of methoxy groups -OCH3 is 1. The minimum absolute atomic E-state index is 0.0309. The van der Waals surface area contributed by atoms with E-state index in [2.05, 4.69) is 4.98 Å². The van der Waals surface area contributed by atoms with Gasteiger partial charge in [-0.15, -0.1) is 0 Å². The van der Waals surface area contributed by atoms with E-state index in [1.165, 1.54) is 23.5 Å². The fraction of sp³-hybridized carbons (Fsp3) is 0.391.